The van der Waals surface area contributed by atoms with Crippen molar-refractivity contribution in [2.45, 2.75) is 51.6 Å². The van der Waals surface area contributed by atoms with Crippen molar-refractivity contribution >= 4 is 23.4 Å². The minimum absolute atomic E-state index is 0.167. The summed E-state index contributed by atoms with van der Waals surface area (Å²) in [4.78, 5) is 36.7. The summed E-state index contributed by atoms with van der Waals surface area (Å²) >= 11 is 0. The number of nitrogens with one attached hydrogen (secondary N) is 3. The van der Waals surface area contributed by atoms with Crippen LogP contribution in [0.15, 0.2) is 48.5 Å². The van der Waals surface area contributed by atoms with E-state index in [1.807, 2.05) is 19.1 Å². The van der Waals surface area contributed by atoms with Crippen LogP contribution in [0.4, 0.5) is 10.1 Å². The molecule has 0 aliphatic heterocycles. The third kappa shape index (κ3) is 6.13. The van der Waals surface area contributed by atoms with E-state index < -0.39 is 11.9 Å². The number of hydrogen-bond acceptors (Lipinski definition) is 3. The van der Waals surface area contributed by atoms with E-state index in [4.69, 9.17) is 0 Å². The van der Waals surface area contributed by atoms with Gasteiger partial charge in [-0.1, -0.05) is 25.0 Å². The van der Waals surface area contributed by atoms with Crippen molar-refractivity contribution in [2.75, 3.05) is 5.32 Å². The monoisotopic (exact) mass is 425 g/mol. The molecule has 2 atom stereocenters. The van der Waals surface area contributed by atoms with E-state index in [1.54, 1.807) is 12.1 Å². The topological polar surface area (TPSA) is 87.3 Å². The Labute approximate surface area is 181 Å². The van der Waals surface area contributed by atoms with Crippen LogP contribution in [0.3, 0.4) is 0 Å². The number of anilines is 1. The van der Waals surface area contributed by atoms with Gasteiger partial charge >= 0.3 is 0 Å². The first-order chi connectivity index (χ1) is 14.8. The Balaban J connectivity index is 1.60. The number of carbonyl (C=O) groups excluding carboxylic acids is 3. The Morgan fingerprint density at radius 3 is 2.13 bits per heavy atom. The second kappa shape index (κ2) is 10.2. The molecule has 0 aromatic heterocycles. The molecule has 0 spiro atoms. The van der Waals surface area contributed by atoms with Crippen molar-refractivity contribution in [1.29, 1.82) is 0 Å². The quantitative estimate of drug-likeness (QED) is 0.628. The fraction of sp³-hybridized carbons (Fsp3) is 0.375. The Kier molecular flexibility index (Phi) is 7.39. The first kappa shape index (κ1) is 22.5. The summed E-state index contributed by atoms with van der Waals surface area (Å²) in [6.07, 6.45) is 4.04. The lowest BCUT2D eigenvalue weighted by Gasteiger charge is -2.25. The lowest BCUT2D eigenvalue weighted by molar-refractivity contribution is -0.129. The van der Waals surface area contributed by atoms with E-state index in [9.17, 15) is 18.8 Å². The molecule has 0 radical (unpaired) electrons. The van der Waals surface area contributed by atoms with E-state index in [0.717, 1.165) is 31.2 Å². The predicted octanol–water partition coefficient (Wildman–Crippen LogP) is 3.95. The number of halogens is 1. The molecular weight excluding hydrogens is 397 g/mol. The summed E-state index contributed by atoms with van der Waals surface area (Å²) in [7, 11) is 0. The zero-order valence-corrected chi connectivity index (χ0v) is 17.8. The van der Waals surface area contributed by atoms with Gasteiger partial charge in [-0.05, 0) is 67.6 Å². The normalized spacial score (nSPS) is 15.7. The average Bonchev–Trinajstić information content (AvgIpc) is 3.27. The van der Waals surface area contributed by atoms with Crippen molar-refractivity contribution < 1.29 is 18.8 Å². The van der Waals surface area contributed by atoms with Gasteiger partial charge in [-0.2, -0.15) is 0 Å². The first-order valence-corrected chi connectivity index (χ1v) is 10.6. The molecule has 2 unspecified atom stereocenters. The SMILES string of the molecule is CC(=O)NC(C(=O)NC(C)c1ccc(NC(=O)c2ccc(F)cc2)cc1)C1CCCC1. The van der Waals surface area contributed by atoms with Crippen molar-refractivity contribution in [1.82, 2.24) is 10.6 Å². The van der Waals surface area contributed by atoms with Gasteiger partial charge in [0.1, 0.15) is 11.9 Å². The van der Waals surface area contributed by atoms with Gasteiger partial charge in [0, 0.05) is 18.2 Å². The minimum atomic E-state index is -0.517. The highest BCUT2D eigenvalue weighted by molar-refractivity contribution is 6.04. The van der Waals surface area contributed by atoms with E-state index >= 15 is 0 Å². The van der Waals surface area contributed by atoms with Gasteiger partial charge in [0.25, 0.3) is 5.91 Å². The fourth-order valence-electron chi connectivity index (χ4n) is 3.95. The Bertz CT molecular complexity index is 922. The Morgan fingerprint density at radius 2 is 1.55 bits per heavy atom. The molecule has 164 valence electrons. The molecule has 1 aliphatic rings. The summed E-state index contributed by atoms with van der Waals surface area (Å²) in [5.41, 5.74) is 1.84. The standard InChI is InChI=1S/C24H28FN3O3/c1-15(26-24(31)22(27-16(2)29)18-5-3-4-6-18)17-9-13-21(14-10-17)28-23(30)19-7-11-20(25)12-8-19/h7-15,18,22H,3-6H2,1-2H3,(H,26,31)(H,27,29)(H,28,30). The Morgan fingerprint density at radius 1 is 0.935 bits per heavy atom. The average molecular weight is 426 g/mol. The highest BCUT2D eigenvalue weighted by Crippen LogP contribution is 2.28. The van der Waals surface area contributed by atoms with Gasteiger partial charge < -0.3 is 16.0 Å². The molecule has 1 aliphatic carbocycles. The van der Waals surface area contributed by atoms with Crippen LogP contribution in [0.5, 0.6) is 0 Å². The molecule has 3 amide bonds. The third-order valence-electron chi connectivity index (χ3n) is 5.65. The molecule has 7 heteroatoms. The van der Waals surface area contributed by atoms with Gasteiger partial charge in [0.2, 0.25) is 11.8 Å². The number of carbonyl (C=O) groups is 3. The highest BCUT2D eigenvalue weighted by atomic mass is 19.1. The van der Waals surface area contributed by atoms with Crippen molar-refractivity contribution in [2.24, 2.45) is 5.92 Å². The maximum atomic E-state index is 13.0. The molecule has 2 aromatic carbocycles. The second-order valence-electron chi connectivity index (χ2n) is 8.04. The highest BCUT2D eigenvalue weighted by Gasteiger charge is 2.31. The zero-order valence-electron chi connectivity index (χ0n) is 17.8. The van der Waals surface area contributed by atoms with Crippen LogP contribution in [-0.4, -0.2) is 23.8 Å². The van der Waals surface area contributed by atoms with Gasteiger partial charge in [0.15, 0.2) is 0 Å². The molecule has 2 aromatic rings. The summed E-state index contributed by atoms with van der Waals surface area (Å²) in [6, 6.07) is 11.7. The van der Waals surface area contributed by atoms with Crippen molar-refractivity contribution in [3.05, 3.63) is 65.5 Å². The van der Waals surface area contributed by atoms with Crippen LogP contribution < -0.4 is 16.0 Å². The molecule has 0 bridgehead atoms. The Hall–Kier alpha value is -3.22. The maximum absolute atomic E-state index is 13.0. The third-order valence-corrected chi connectivity index (χ3v) is 5.65. The molecule has 3 rings (SSSR count). The molecular formula is C24H28FN3O3. The van der Waals surface area contributed by atoms with Crippen LogP contribution in [-0.2, 0) is 9.59 Å². The molecule has 6 nitrogen and oxygen atoms in total. The second-order valence-corrected chi connectivity index (χ2v) is 8.04. The van der Waals surface area contributed by atoms with Crippen LogP contribution in [0.25, 0.3) is 0 Å². The van der Waals surface area contributed by atoms with Crippen LogP contribution in [0.2, 0.25) is 0 Å². The van der Waals surface area contributed by atoms with Gasteiger partial charge in [0.05, 0.1) is 6.04 Å². The van der Waals surface area contributed by atoms with Crippen molar-refractivity contribution in [3.63, 3.8) is 0 Å². The lowest BCUT2D eigenvalue weighted by Crippen LogP contribution is -2.50. The van der Waals surface area contributed by atoms with E-state index in [0.29, 0.717) is 11.3 Å². The minimum Gasteiger partial charge on any atom is -0.348 e. The molecule has 31 heavy (non-hydrogen) atoms. The lowest BCUT2D eigenvalue weighted by atomic mass is 9.96. The van der Waals surface area contributed by atoms with Gasteiger partial charge in [-0.15, -0.1) is 0 Å². The predicted molar refractivity (Wildman–Crippen MR) is 117 cm³/mol. The number of hydrogen-bond donors (Lipinski definition) is 3. The fourth-order valence-corrected chi connectivity index (χ4v) is 3.95. The van der Waals surface area contributed by atoms with Gasteiger partial charge in [-0.3, -0.25) is 14.4 Å². The maximum Gasteiger partial charge on any atom is 0.255 e. The summed E-state index contributed by atoms with van der Waals surface area (Å²) in [5.74, 6) is -0.946. The summed E-state index contributed by atoms with van der Waals surface area (Å²) in [6.45, 7) is 3.31. The van der Waals surface area contributed by atoms with Crippen LogP contribution >= 0.6 is 0 Å². The van der Waals surface area contributed by atoms with Gasteiger partial charge in [-0.25, -0.2) is 4.39 Å². The summed E-state index contributed by atoms with van der Waals surface area (Å²) in [5, 5.41) is 8.56. The molecule has 3 N–H and O–H groups in total. The smallest absolute Gasteiger partial charge is 0.255 e. The number of benzene rings is 2. The number of rotatable bonds is 7. The van der Waals surface area contributed by atoms with E-state index in [-0.39, 0.29) is 29.7 Å². The largest absolute Gasteiger partial charge is 0.348 e. The number of amides is 3. The molecule has 1 fully saturated rings. The first-order valence-electron chi connectivity index (χ1n) is 10.6. The van der Waals surface area contributed by atoms with E-state index in [2.05, 4.69) is 16.0 Å². The molecule has 0 heterocycles. The van der Waals surface area contributed by atoms with Crippen LogP contribution in [0, 0.1) is 11.7 Å². The van der Waals surface area contributed by atoms with Crippen LogP contribution in [0.1, 0.15) is 61.5 Å². The zero-order chi connectivity index (χ0) is 22.4. The summed E-state index contributed by atoms with van der Waals surface area (Å²) < 4.78 is 13.0. The van der Waals surface area contributed by atoms with E-state index in [1.165, 1.54) is 31.2 Å². The molecule has 1 saturated carbocycles. The van der Waals surface area contributed by atoms with Crippen molar-refractivity contribution in [3.8, 4) is 0 Å². The molecule has 0 saturated heterocycles.